The Hall–Kier alpha value is -1.38. The maximum absolute atomic E-state index is 5.95. The molecule has 0 aliphatic carbocycles. The summed E-state index contributed by atoms with van der Waals surface area (Å²) in [6.07, 6.45) is 0. The van der Waals surface area contributed by atoms with Gasteiger partial charge in [0.25, 0.3) is 0 Å². The predicted molar refractivity (Wildman–Crippen MR) is 89.4 cm³/mol. The molecule has 0 saturated heterocycles. The van der Waals surface area contributed by atoms with Gasteiger partial charge >= 0.3 is 0 Å². The number of rotatable bonds is 5. The van der Waals surface area contributed by atoms with Crippen LogP contribution in [0.4, 0.5) is 11.4 Å². The van der Waals surface area contributed by atoms with Gasteiger partial charge in [0.1, 0.15) is 0 Å². The minimum atomic E-state index is 0.641. The number of benzene rings is 2. The lowest BCUT2D eigenvalue weighted by Crippen LogP contribution is -2.14. The van der Waals surface area contributed by atoms with Crippen LogP contribution in [0, 0.1) is 13.8 Å². The van der Waals surface area contributed by atoms with Gasteiger partial charge in [-0.1, -0.05) is 40.9 Å². The van der Waals surface area contributed by atoms with Gasteiger partial charge in [-0.25, -0.2) is 0 Å². The SMILES string of the molecule is Cc1ccc(NCCNc2cc(Cl)cc(Cl)c2)c(C)c1. The van der Waals surface area contributed by atoms with E-state index in [-0.39, 0.29) is 0 Å². The Bertz CT molecular complexity index is 577. The second-order valence-corrected chi connectivity index (χ2v) is 5.70. The first kappa shape index (κ1) is 15.0. The highest BCUT2D eigenvalue weighted by Crippen LogP contribution is 2.22. The van der Waals surface area contributed by atoms with Crippen molar-refractivity contribution in [1.82, 2.24) is 0 Å². The van der Waals surface area contributed by atoms with Crippen molar-refractivity contribution in [2.45, 2.75) is 13.8 Å². The van der Waals surface area contributed by atoms with E-state index in [1.807, 2.05) is 12.1 Å². The number of nitrogens with one attached hydrogen (secondary N) is 2. The Morgan fingerprint density at radius 3 is 2.15 bits per heavy atom. The summed E-state index contributed by atoms with van der Waals surface area (Å²) in [6.45, 7) is 5.83. The van der Waals surface area contributed by atoms with Crippen LogP contribution in [0.15, 0.2) is 36.4 Å². The highest BCUT2D eigenvalue weighted by molar-refractivity contribution is 6.35. The Labute approximate surface area is 130 Å². The summed E-state index contributed by atoms with van der Waals surface area (Å²) in [4.78, 5) is 0. The van der Waals surface area contributed by atoms with E-state index >= 15 is 0 Å². The molecule has 0 atom stereocenters. The van der Waals surface area contributed by atoms with E-state index in [1.54, 1.807) is 6.07 Å². The van der Waals surface area contributed by atoms with Gasteiger partial charge < -0.3 is 10.6 Å². The van der Waals surface area contributed by atoms with Crippen LogP contribution in [-0.2, 0) is 0 Å². The molecule has 106 valence electrons. The Balaban J connectivity index is 1.84. The molecule has 20 heavy (non-hydrogen) atoms. The summed E-state index contributed by atoms with van der Waals surface area (Å²) in [6, 6.07) is 11.9. The first-order chi connectivity index (χ1) is 9.54. The van der Waals surface area contributed by atoms with E-state index in [2.05, 4.69) is 42.7 Å². The molecule has 2 N–H and O–H groups in total. The lowest BCUT2D eigenvalue weighted by atomic mass is 10.1. The van der Waals surface area contributed by atoms with Crippen LogP contribution < -0.4 is 10.6 Å². The molecular weight excluding hydrogens is 291 g/mol. The standard InChI is InChI=1S/C16H18Cl2N2/c1-11-3-4-16(12(2)7-11)20-6-5-19-15-9-13(17)8-14(18)10-15/h3-4,7-10,19-20H,5-6H2,1-2H3. The van der Waals surface area contributed by atoms with E-state index in [0.29, 0.717) is 10.0 Å². The van der Waals surface area contributed by atoms with Crippen LogP contribution in [0.3, 0.4) is 0 Å². The van der Waals surface area contributed by atoms with Crippen molar-refractivity contribution in [3.63, 3.8) is 0 Å². The zero-order valence-corrected chi connectivity index (χ0v) is 13.1. The highest BCUT2D eigenvalue weighted by atomic mass is 35.5. The average molecular weight is 309 g/mol. The molecular formula is C16H18Cl2N2. The summed E-state index contributed by atoms with van der Waals surface area (Å²) in [5.41, 5.74) is 4.64. The fraction of sp³-hybridized carbons (Fsp3) is 0.250. The van der Waals surface area contributed by atoms with Crippen molar-refractivity contribution in [3.05, 3.63) is 57.6 Å². The van der Waals surface area contributed by atoms with Gasteiger partial charge in [0.05, 0.1) is 0 Å². The van der Waals surface area contributed by atoms with E-state index in [0.717, 1.165) is 18.8 Å². The molecule has 0 unspecified atom stereocenters. The minimum absolute atomic E-state index is 0.641. The molecule has 0 amide bonds. The van der Waals surface area contributed by atoms with Crippen LogP contribution in [0.5, 0.6) is 0 Å². The first-order valence-corrected chi connectivity index (χ1v) is 7.31. The molecule has 2 aromatic rings. The van der Waals surface area contributed by atoms with Crippen LogP contribution in [0.25, 0.3) is 0 Å². The zero-order valence-electron chi connectivity index (χ0n) is 11.6. The Morgan fingerprint density at radius 2 is 1.50 bits per heavy atom. The van der Waals surface area contributed by atoms with Crippen LogP contribution in [0.2, 0.25) is 10.0 Å². The van der Waals surface area contributed by atoms with Crippen molar-refractivity contribution in [1.29, 1.82) is 0 Å². The number of anilines is 2. The quantitative estimate of drug-likeness (QED) is 0.748. The fourth-order valence-corrected chi connectivity index (χ4v) is 2.60. The minimum Gasteiger partial charge on any atom is -0.383 e. The van der Waals surface area contributed by atoms with Gasteiger partial charge in [-0.2, -0.15) is 0 Å². The molecule has 2 nitrogen and oxygen atoms in total. The van der Waals surface area contributed by atoms with E-state index < -0.39 is 0 Å². The van der Waals surface area contributed by atoms with Crippen molar-refractivity contribution < 1.29 is 0 Å². The van der Waals surface area contributed by atoms with Gasteiger partial charge in [-0.15, -0.1) is 0 Å². The molecule has 0 aliphatic heterocycles. The molecule has 0 fully saturated rings. The molecule has 2 rings (SSSR count). The van der Waals surface area contributed by atoms with Crippen LogP contribution in [-0.4, -0.2) is 13.1 Å². The summed E-state index contributed by atoms with van der Waals surface area (Å²) < 4.78 is 0. The Kier molecular flexibility index (Phi) is 5.16. The van der Waals surface area contributed by atoms with Crippen molar-refractivity contribution in [3.8, 4) is 0 Å². The largest absolute Gasteiger partial charge is 0.383 e. The lowest BCUT2D eigenvalue weighted by Gasteiger charge is -2.12. The molecule has 4 heteroatoms. The molecule has 0 aromatic heterocycles. The first-order valence-electron chi connectivity index (χ1n) is 6.56. The third-order valence-electron chi connectivity index (χ3n) is 3.01. The summed E-state index contributed by atoms with van der Waals surface area (Å²) in [5.74, 6) is 0. The normalized spacial score (nSPS) is 10.4. The van der Waals surface area contributed by atoms with Crippen molar-refractivity contribution >= 4 is 34.6 Å². The second kappa shape index (κ2) is 6.87. The van der Waals surface area contributed by atoms with Gasteiger partial charge in [-0.05, 0) is 43.7 Å². The van der Waals surface area contributed by atoms with Crippen LogP contribution in [0.1, 0.15) is 11.1 Å². The number of hydrogen-bond donors (Lipinski definition) is 2. The molecule has 0 heterocycles. The van der Waals surface area contributed by atoms with Crippen LogP contribution >= 0.6 is 23.2 Å². The smallest absolute Gasteiger partial charge is 0.0441 e. The number of halogens is 2. The lowest BCUT2D eigenvalue weighted by molar-refractivity contribution is 1.07. The highest BCUT2D eigenvalue weighted by Gasteiger charge is 1.99. The van der Waals surface area contributed by atoms with Crippen molar-refractivity contribution in [2.24, 2.45) is 0 Å². The van der Waals surface area contributed by atoms with Gasteiger partial charge in [0.15, 0.2) is 0 Å². The van der Waals surface area contributed by atoms with Gasteiger partial charge in [-0.3, -0.25) is 0 Å². The van der Waals surface area contributed by atoms with E-state index in [4.69, 9.17) is 23.2 Å². The molecule has 0 saturated carbocycles. The summed E-state index contributed by atoms with van der Waals surface area (Å²) in [7, 11) is 0. The zero-order chi connectivity index (χ0) is 14.5. The van der Waals surface area contributed by atoms with Crippen molar-refractivity contribution in [2.75, 3.05) is 23.7 Å². The third kappa shape index (κ3) is 4.32. The molecule has 0 bridgehead atoms. The van der Waals surface area contributed by atoms with E-state index in [1.165, 1.54) is 16.8 Å². The summed E-state index contributed by atoms with van der Waals surface area (Å²) in [5, 5.41) is 7.99. The molecule has 2 aromatic carbocycles. The monoisotopic (exact) mass is 308 g/mol. The predicted octanol–water partition coefficient (Wildman–Crippen LogP) is 5.13. The second-order valence-electron chi connectivity index (χ2n) is 4.83. The fourth-order valence-electron chi connectivity index (χ4n) is 2.07. The summed E-state index contributed by atoms with van der Waals surface area (Å²) >= 11 is 11.9. The Morgan fingerprint density at radius 1 is 0.850 bits per heavy atom. The van der Waals surface area contributed by atoms with Gasteiger partial charge in [0, 0.05) is 34.5 Å². The van der Waals surface area contributed by atoms with E-state index in [9.17, 15) is 0 Å². The molecule has 0 aliphatic rings. The average Bonchev–Trinajstić information content (AvgIpc) is 2.35. The number of hydrogen-bond acceptors (Lipinski definition) is 2. The topological polar surface area (TPSA) is 24.1 Å². The maximum atomic E-state index is 5.95. The van der Waals surface area contributed by atoms with Gasteiger partial charge in [0.2, 0.25) is 0 Å². The molecule has 0 spiro atoms. The number of aryl methyl sites for hydroxylation is 2. The maximum Gasteiger partial charge on any atom is 0.0441 e. The third-order valence-corrected chi connectivity index (χ3v) is 3.45. The molecule has 0 radical (unpaired) electrons.